The second-order valence-corrected chi connectivity index (χ2v) is 4.82. The van der Waals surface area contributed by atoms with Crippen LogP contribution < -0.4 is 11.1 Å². The number of nitrogen functional groups attached to an aromatic ring is 1. The number of anilines is 2. The van der Waals surface area contributed by atoms with Gasteiger partial charge in [-0.25, -0.2) is 4.98 Å². The minimum absolute atomic E-state index is 0.303. The number of aliphatic hydroxyl groups is 1. The van der Waals surface area contributed by atoms with E-state index in [2.05, 4.69) is 10.3 Å². The topological polar surface area (TPSA) is 98.2 Å². The zero-order chi connectivity index (χ0) is 13.8. The molecule has 1 aromatic heterocycles. The number of nitrogens with one attached hydrogen (secondary N) is 1. The molecule has 0 aromatic carbocycles. The van der Waals surface area contributed by atoms with Gasteiger partial charge in [-0.05, 0) is 27.1 Å². The molecule has 0 aliphatic rings. The van der Waals surface area contributed by atoms with Crippen molar-refractivity contribution in [2.75, 3.05) is 38.2 Å². The minimum Gasteiger partial charge on any atom is -0.395 e. The van der Waals surface area contributed by atoms with E-state index in [9.17, 15) is 5.11 Å². The van der Waals surface area contributed by atoms with Crippen molar-refractivity contribution < 1.29 is 5.11 Å². The van der Waals surface area contributed by atoms with Crippen molar-refractivity contribution >= 4 is 11.5 Å². The monoisotopic (exact) mass is 249 g/mol. The molecule has 1 unspecified atom stereocenters. The first-order valence-electron chi connectivity index (χ1n) is 5.61. The van der Waals surface area contributed by atoms with Crippen LogP contribution in [0.5, 0.6) is 0 Å². The number of aromatic nitrogens is 1. The quantitative estimate of drug-likeness (QED) is 0.692. The van der Waals surface area contributed by atoms with Crippen molar-refractivity contribution in [1.29, 1.82) is 5.26 Å². The van der Waals surface area contributed by atoms with E-state index in [0.717, 1.165) is 0 Å². The van der Waals surface area contributed by atoms with Crippen LogP contribution in [-0.4, -0.2) is 47.8 Å². The summed E-state index contributed by atoms with van der Waals surface area (Å²) in [6.45, 7) is 2.54. The first kappa shape index (κ1) is 14.2. The van der Waals surface area contributed by atoms with Gasteiger partial charge in [0, 0.05) is 19.3 Å². The van der Waals surface area contributed by atoms with Gasteiger partial charge in [0.25, 0.3) is 0 Å². The van der Waals surface area contributed by atoms with Gasteiger partial charge >= 0.3 is 0 Å². The van der Waals surface area contributed by atoms with Gasteiger partial charge in [-0.1, -0.05) is 0 Å². The predicted octanol–water partition coefficient (Wildman–Crippen LogP) is 0.260. The first-order chi connectivity index (χ1) is 8.35. The molecule has 0 amide bonds. The van der Waals surface area contributed by atoms with Crippen LogP contribution >= 0.6 is 0 Å². The summed E-state index contributed by atoms with van der Waals surface area (Å²) in [6, 6.07) is 3.54. The van der Waals surface area contributed by atoms with Gasteiger partial charge in [-0.3, -0.25) is 0 Å². The Morgan fingerprint density at radius 2 is 2.28 bits per heavy atom. The Balaban J connectivity index is 2.73. The fraction of sp³-hybridized carbons (Fsp3) is 0.500. The summed E-state index contributed by atoms with van der Waals surface area (Å²) in [4.78, 5) is 5.95. The fourth-order valence-corrected chi connectivity index (χ4v) is 1.72. The molecule has 0 saturated carbocycles. The van der Waals surface area contributed by atoms with Gasteiger partial charge in [0.1, 0.15) is 6.07 Å². The van der Waals surface area contributed by atoms with Crippen LogP contribution in [0.1, 0.15) is 12.5 Å². The molecule has 98 valence electrons. The Hall–Kier alpha value is -1.84. The number of rotatable bonds is 5. The predicted molar refractivity (Wildman–Crippen MR) is 71.0 cm³/mol. The van der Waals surface area contributed by atoms with E-state index in [4.69, 9.17) is 11.0 Å². The van der Waals surface area contributed by atoms with Crippen LogP contribution in [0.2, 0.25) is 0 Å². The maximum atomic E-state index is 10.1. The number of hydrogen-bond acceptors (Lipinski definition) is 6. The molecule has 1 atom stereocenters. The van der Waals surface area contributed by atoms with Crippen molar-refractivity contribution in [3.05, 3.63) is 17.8 Å². The van der Waals surface area contributed by atoms with E-state index in [1.54, 1.807) is 13.0 Å². The summed E-state index contributed by atoms with van der Waals surface area (Å²) in [5, 5.41) is 21.9. The third-order valence-electron chi connectivity index (χ3n) is 2.40. The SMILES string of the molecule is CN(C)CC(C)(O)CNc1nccc(C#N)c1N. The zero-order valence-corrected chi connectivity index (χ0v) is 10.9. The third-order valence-corrected chi connectivity index (χ3v) is 2.40. The summed E-state index contributed by atoms with van der Waals surface area (Å²) in [6.07, 6.45) is 1.51. The maximum Gasteiger partial charge on any atom is 0.150 e. The van der Waals surface area contributed by atoms with Gasteiger partial charge in [0.05, 0.1) is 16.9 Å². The van der Waals surface area contributed by atoms with Gasteiger partial charge in [-0.2, -0.15) is 5.26 Å². The lowest BCUT2D eigenvalue weighted by atomic mass is 10.1. The summed E-state index contributed by atoms with van der Waals surface area (Å²) >= 11 is 0. The van der Waals surface area contributed by atoms with E-state index in [0.29, 0.717) is 30.2 Å². The van der Waals surface area contributed by atoms with E-state index in [1.165, 1.54) is 6.20 Å². The number of pyridine rings is 1. The lowest BCUT2D eigenvalue weighted by Crippen LogP contribution is -2.43. The van der Waals surface area contributed by atoms with Crippen LogP contribution in [0.3, 0.4) is 0 Å². The number of nitrogens with two attached hydrogens (primary N) is 1. The van der Waals surface area contributed by atoms with Crippen molar-refractivity contribution in [3.8, 4) is 6.07 Å². The molecule has 1 aromatic rings. The highest BCUT2D eigenvalue weighted by Gasteiger charge is 2.21. The molecule has 0 aliphatic heterocycles. The molecular formula is C12H19N5O. The molecule has 0 fully saturated rings. The molecule has 0 saturated heterocycles. The van der Waals surface area contributed by atoms with Gasteiger partial charge in [0.15, 0.2) is 5.82 Å². The molecule has 4 N–H and O–H groups in total. The van der Waals surface area contributed by atoms with Gasteiger partial charge in [-0.15, -0.1) is 0 Å². The average molecular weight is 249 g/mol. The van der Waals surface area contributed by atoms with Crippen LogP contribution in [-0.2, 0) is 0 Å². The average Bonchev–Trinajstić information content (AvgIpc) is 2.26. The van der Waals surface area contributed by atoms with Crippen LogP contribution in [0.15, 0.2) is 12.3 Å². The maximum absolute atomic E-state index is 10.1. The summed E-state index contributed by atoms with van der Waals surface area (Å²) < 4.78 is 0. The summed E-state index contributed by atoms with van der Waals surface area (Å²) in [7, 11) is 3.77. The molecule has 1 heterocycles. The molecule has 18 heavy (non-hydrogen) atoms. The van der Waals surface area contributed by atoms with Crippen LogP contribution in [0.25, 0.3) is 0 Å². The van der Waals surface area contributed by atoms with Gasteiger partial charge < -0.3 is 21.1 Å². The normalized spacial score (nSPS) is 14.0. The third kappa shape index (κ3) is 3.87. The fourth-order valence-electron chi connectivity index (χ4n) is 1.72. The van der Waals surface area contributed by atoms with Crippen molar-refractivity contribution in [1.82, 2.24) is 9.88 Å². The van der Waals surface area contributed by atoms with Crippen LogP contribution in [0, 0.1) is 11.3 Å². The molecule has 6 nitrogen and oxygen atoms in total. The number of hydrogen-bond donors (Lipinski definition) is 3. The minimum atomic E-state index is -0.903. The molecule has 6 heteroatoms. The van der Waals surface area contributed by atoms with E-state index in [-0.39, 0.29) is 0 Å². The molecule has 0 aliphatic carbocycles. The van der Waals surface area contributed by atoms with Crippen LogP contribution in [0.4, 0.5) is 11.5 Å². The summed E-state index contributed by atoms with van der Waals surface area (Å²) in [5.41, 5.74) is 5.56. The second-order valence-electron chi connectivity index (χ2n) is 4.82. The Morgan fingerprint density at radius 3 is 2.83 bits per heavy atom. The smallest absolute Gasteiger partial charge is 0.150 e. The van der Waals surface area contributed by atoms with Crippen molar-refractivity contribution in [2.24, 2.45) is 0 Å². The Kier molecular flexibility index (Phi) is 4.48. The lowest BCUT2D eigenvalue weighted by molar-refractivity contribution is 0.0459. The van der Waals surface area contributed by atoms with Crippen molar-refractivity contribution in [2.45, 2.75) is 12.5 Å². The first-order valence-corrected chi connectivity index (χ1v) is 5.61. The Labute approximate surface area is 107 Å². The van der Waals surface area contributed by atoms with Gasteiger partial charge in [0.2, 0.25) is 0 Å². The molecular weight excluding hydrogens is 230 g/mol. The highest BCUT2D eigenvalue weighted by atomic mass is 16.3. The van der Waals surface area contributed by atoms with E-state index in [1.807, 2.05) is 25.1 Å². The summed E-state index contributed by atoms with van der Waals surface area (Å²) in [5.74, 6) is 0.424. The lowest BCUT2D eigenvalue weighted by Gasteiger charge is -2.27. The highest BCUT2D eigenvalue weighted by molar-refractivity contribution is 5.68. The Bertz CT molecular complexity index is 450. The Morgan fingerprint density at radius 1 is 1.61 bits per heavy atom. The van der Waals surface area contributed by atoms with E-state index >= 15 is 0 Å². The largest absolute Gasteiger partial charge is 0.395 e. The number of nitriles is 1. The highest BCUT2D eigenvalue weighted by Crippen LogP contribution is 2.19. The number of nitrogens with zero attached hydrogens (tertiary/aromatic N) is 3. The molecule has 0 bridgehead atoms. The molecule has 1 rings (SSSR count). The molecule has 0 spiro atoms. The second kappa shape index (κ2) is 5.67. The van der Waals surface area contributed by atoms with Crippen molar-refractivity contribution in [3.63, 3.8) is 0 Å². The molecule has 0 radical (unpaired) electrons. The number of likely N-dealkylation sites (N-methyl/N-ethyl adjacent to an activating group) is 1. The standard InChI is InChI=1S/C12H19N5O/c1-12(18,8-17(2)3)7-16-11-10(14)9(6-13)4-5-15-11/h4-5,18H,7-8,14H2,1-3H3,(H,15,16). The van der Waals surface area contributed by atoms with E-state index < -0.39 is 5.60 Å². The zero-order valence-electron chi connectivity index (χ0n) is 10.9.